The lowest BCUT2D eigenvalue weighted by Gasteiger charge is -2.50. The third-order valence-corrected chi connectivity index (χ3v) is 6.69. The first kappa shape index (κ1) is 15.8. The van der Waals surface area contributed by atoms with Gasteiger partial charge >= 0.3 is 0 Å². The molecule has 25 heavy (non-hydrogen) atoms. The van der Waals surface area contributed by atoms with E-state index in [1.54, 1.807) is 0 Å². The molecule has 3 heteroatoms. The Balaban J connectivity index is 1.80. The van der Waals surface area contributed by atoms with E-state index < -0.39 is 11.6 Å². The predicted molar refractivity (Wildman–Crippen MR) is 103 cm³/mol. The molecule has 134 valence electrons. The molecule has 3 heterocycles. The van der Waals surface area contributed by atoms with E-state index in [-0.39, 0.29) is 0 Å². The summed E-state index contributed by atoms with van der Waals surface area (Å²) >= 11 is 0. The van der Waals surface area contributed by atoms with Crippen LogP contribution in [0, 0.1) is 18.8 Å². The van der Waals surface area contributed by atoms with Crippen molar-refractivity contribution in [3.05, 3.63) is 41.0 Å². The second-order valence-electron chi connectivity index (χ2n) is 7.94. The van der Waals surface area contributed by atoms with Gasteiger partial charge in [0.1, 0.15) is 5.60 Å². The zero-order chi connectivity index (χ0) is 18.7. The largest absolute Gasteiger partial charge is 0.379 e. The van der Waals surface area contributed by atoms with E-state index in [0.29, 0.717) is 24.0 Å². The number of benzene rings is 1. The Bertz CT molecular complexity index is 801. The molecule has 2 saturated heterocycles. The molecular weight excluding hydrogens is 308 g/mol. The van der Waals surface area contributed by atoms with Gasteiger partial charge in [0.2, 0.25) is 0 Å². The number of rotatable bonds is 2. The van der Waals surface area contributed by atoms with Crippen molar-refractivity contribution in [3.8, 4) is 0 Å². The SMILES string of the molecule is [2H][C@@]12C[C@H](/C(C)=C\C)[C@@H](CC)CN1CC[C@@]1(O)C2=Nc2cccc(C)c21. The van der Waals surface area contributed by atoms with E-state index in [9.17, 15) is 6.48 Å². The maximum atomic E-state index is 11.7. The summed E-state index contributed by atoms with van der Waals surface area (Å²) in [5.74, 6) is 0.954. The van der Waals surface area contributed by atoms with Crippen LogP contribution in [-0.4, -0.2) is 34.8 Å². The van der Waals surface area contributed by atoms with Gasteiger partial charge < -0.3 is 5.11 Å². The Labute approximate surface area is 152 Å². The van der Waals surface area contributed by atoms with Crippen molar-refractivity contribution in [3.63, 3.8) is 0 Å². The zero-order valence-corrected chi connectivity index (χ0v) is 15.8. The monoisotopic (exact) mass is 339 g/mol. The number of allylic oxidation sites excluding steroid dienone is 2. The first-order valence-corrected chi connectivity index (χ1v) is 9.65. The maximum Gasteiger partial charge on any atom is 0.133 e. The minimum absolute atomic E-state index is 0.383. The highest BCUT2D eigenvalue weighted by molar-refractivity contribution is 6.04. The van der Waals surface area contributed by atoms with E-state index in [2.05, 4.69) is 31.7 Å². The normalized spacial score (nSPS) is 38.5. The molecule has 4 rings (SSSR count). The summed E-state index contributed by atoms with van der Waals surface area (Å²) in [4.78, 5) is 7.12. The summed E-state index contributed by atoms with van der Waals surface area (Å²) in [6.45, 7) is 10.2. The van der Waals surface area contributed by atoms with Crippen LogP contribution in [0.1, 0.15) is 52.5 Å². The van der Waals surface area contributed by atoms with Crippen LogP contribution in [0.15, 0.2) is 34.8 Å². The second kappa shape index (κ2) is 6.07. The van der Waals surface area contributed by atoms with Gasteiger partial charge in [-0.2, -0.15) is 0 Å². The smallest absolute Gasteiger partial charge is 0.133 e. The van der Waals surface area contributed by atoms with Crippen molar-refractivity contribution in [1.29, 1.82) is 0 Å². The molecule has 3 aliphatic rings. The van der Waals surface area contributed by atoms with Crippen molar-refractivity contribution in [1.82, 2.24) is 4.90 Å². The van der Waals surface area contributed by atoms with Crippen LogP contribution in [0.2, 0.25) is 0 Å². The highest BCUT2D eigenvalue weighted by Gasteiger charge is 2.52. The van der Waals surface area contributed by atoms with Gasteiger partial charge in [-0.25, -0.2) is 0 Å². The van der Waals surface area contributed by atoms with Gasteiger partial charge in [0, 0.05) is 18.7 Å². The lowest BCUT2D eigenvalue weighted by Crippen LogP contribution is -2.60. The highest BCUT2D eigenvalue weighted by Crippen LogP contribution is 2.49. The van der Waals surface area contributed by atoms with E-state index in [4.69, 9.17) is 4.99 Å². The molecule has 0 amide bonds. The Morgan fingerprint density at radius 3 is 3.04 bits per heavy atom. The summed E-state index contributed by atoms with van der Waals surface area (Å²) in [6, 6.07) is 5.10. The van der Waals surface area contributed by atoms with Gasteiger partial charge in [-0.1, -0.05) is 37.1 Å². The average molecular weight is 340 g/mol. The van der Waals surface area contributed by atoms with Crippen LogP contribution >= 0.6 is 0 Å². The summed E-state index contributed by atoms with van der Waals surface area (Å²) < 4.78 is 9.45. The van der Waals surface area contributed by atoms with Gasteiger partial charge in [0.05, 0.1) is 18.8 Å². The number of nitrogens with zero attached hydrogens (tertiary/aromatic N) is 2. The Kier molecular flexibility index (Phi) is 3.83. The Morgan fingerprint density at radius 1 is 1.52 bits per heavy atom. The number of aliphatic hydroxyl groups is 1. The molecule has 0 spiro atoms. The molecule has 2 fully saturated rings. The van der Waals surface area contributed by atoms with Crippen molar-refractivity contribution >= 4 is 11.4 Å². The number of aliphatic imine (C=N–C) groups is 1. The van der Waals surface area contributed by atoms with Gasteiger partial charge in [0.25, 0.3) is 0 Å². The third-order valence-electron chi connectivity index (χ3n) is 6.69. The Morgan fingerprint density at radius 2 is 2.32 bits per heavy atom. The second-order valence-corrected chi connectivity index (χ2v) is 7.94. The molecule has 3 aliphatic heterocycles. The van der Waals surface area contributed by atoms with Crippen molar-refractivity contribution in [2.24, 2.45) is 16.8 Å². The standard InChI is InChI=1S/C22H30N2O/c1-5-14(3)17-12-19-21-22(25,10-11-24(19)13-16(17)6-2)20-15(4)8-7-9-18(20)23-21/h5,7-9,16-17,19,25H,6,10-13H2,1-4H3/b14-5-/t16-,17+,19-,22-/m0/s1/i19D. The lowest BCUT2D eigenvalue weighted by atomic mass is 9.70. The van der Waals surface area contributed by atoms with Crippen LogP contribution in [0.4, 0.5) is 5.69 Å². The molecule has 0 bridgehead atoms. The van der Waals surface area contributed by atoms with Crippen molar-refractivity contribution in [2.45, 2.75) is 58.6 Å². The molecule has 1 aromatic rings. The minimum atomic E-state index is -1.08. The third kappa shape index (κ3) is 2.43. The molecule has 1 aromatic carbocycles. The molecule has 4 atom stereocenters. The van der Waals surface area contributed by atoms with E-state index in [1.165, 1.54) is 5.57 Å². The van der Waals surface area contributed by atoms with E-state index in [0.717, 1.165) is 42.7 Å². The van der Waals surface area contributed by atoms with Gasteiger partial charge in [-0.05, 0) is 57.1 Å². The molecule has 3 nitrogen and oxygen atoms in total. The quantitative estimate of drug-likeness (QED) is 0.813. The first-order chi connectivity index (χ1) is 12.3. The number of aryl methyl sites for hydroxylation is 1. The first-order valence-electron chi connectivity index (χ1n) is 10.1. The summed E-state index contributed by atoms with van der Waals surface area (Å²) in [5, 5.41) is 11.7. The van der Waals surface area contributed by atoms with Crippen LogP contribution < -0.4 is 0 Å². The Hall–Kier alpha value is -1.45. The fraction of sp³-hybridized carbons (Fsp3) is 0.591. The minimum Gasteiger partial charge on any atom is -0.379 e. The number of hydrogen-bond donors (Lipinski definition) is 1. The molecule has 1 N–H and O–H groups in total. The van der Waals surface area contributed by atoms with Crippen LogP contribution in [-0.2, 0) is 5.60 Å². The van der Waals surface area contributed by atoms with Crippen molar-refractivity contribution in [2.75, 3.05) is 13.1 Å². The van der Waals surface area contributed by atoms with Crippen LogP contribution in [0.25, 0.3) is 0 Å². The molecule has 0 radical (unpaired) electrons. The molecule has 0 aromatic heterocycles. The lowest BCUT2D eigenvalue weighted by molar-refractivity contribution is 0.0188. The van der Waals surface area contributed by atoms with Gasteiger partial charge in [-0.3, -0.25) is 9.89 Å². The van der Waals surface area contributed by atoms with Crippen LogP contribution in [0.5, 0.6) is 0 Å². The van der Waals surface area contributed by atoms with E-state index in [1.807, 2.05) is 25.1 Å². The van der Waals surface area contributed by atoms with Crippen molar-refractivity contribution < 1.29 is 6.48 Å². The molecule has 0 saturated carbocycles. The van der Waals surface area contributed by atoms with Gasteiger partial charge in [0.15, 0.2) is 0 Å². The number of fused-ring (bicyclic) bond motifs is 5. The maximum absolute atomic E-state index is 11.7. The topological polar surface area (TPSA) is 35.8 Å². The number of hydrogen-bond acceptors (Lipinski definition) is 3. The van der Waals surface area contributed by atoms with Gasteiger partial charge in [-0.15, -0.1) is 0 Å². The zero-order valence-electron chi connectivity index (χ0n) is 16.8. The summed E-state index contributed by atoms with van der Waals surface area (Å²) in [7, 11) is 0. The molecule has 0 unspecified atom stereocenters. The predicted octanol–water partition coefficient (Wildman–Crippen LogP) is 4.36. The average Bonchev–Trinajstić information content (AvgIpc) is 2.95. The summed E-state index contributed by atoms with van der Waals surface area (Å²) in [6.07, 6.45) is 4.67. The van der Waals surface area contributed by atoms with Crippen LogP contribution in [0.3, 0.4) is 0 Å². The fourth-order valence-electron chi connectivity index (χ4n) is 5.12. The fourth-order valence-corrected chi connectivity index (χ4v) is 5.12. The highest BCUT2D eigenvalue weighted by atomic mass is 16.3. The number of piperidine rings is 2. The summed E-state index contributed by atoms with van der Waals surface area (Å²) in [5.41, 5.74) is 3.80. The van der Waals surface area contributed by atoms with E-state index >= 15 is 0 Å². The molecule has 0 aliphatic carbocycles. The molecular formula is C22H30N2O.